The van der Waals surface area contributed by atoms with Crippen molar-refractivity contribution in [2.75, 3.05) is 7.11 Å². The fourth-order valence-corrected chi connectivity index (χ4v) is 5.91. The minimum atomic E-state index is -0.541. The van der Waals surface area contributed by atoms with E-state index in [1.807, 2.05) is 6.92 Å². The highest BCUT2D eigenvalue weighted by atomic mass is 17.2. The maximum Gasteiger partial charge on any atom is 0.311 e. The molecule has 0 saturated carbocycles. The molecule has 2 saturated heterocycles. The Hall–Kier alpha value is -1.43. The highest BCUT2D eigenvalue weighted by Crippen LogP contribution is 2.62. The lowest BCUT2D eigenvalue weighted by atomic mass is 9.57. The fraction of sp³-hybridized carbons (Fsp3) is 0.720. The van der Waals surface area contributed by atoms with Crippen LogP contribution in [-0.2, 0) is 36.1 Å². The summed E-state index contributed by atoms with van der Waals surface area (Å²) in [5, 5.41) is 0. The summed E-state index contributed by atoms with van der Waals surface area (Å²) in [6.45, 7) is 13.0. The summed E-state index contributed by atoms with van der Waals surface area (Å²) in [4.78, 5) is 23.6. The molecule has 2 aliphatic heterocycles. The summed E-state index contributed by atoms with van der Waals surface area (Å²) in [6, 6.07) is 6.76. The van der Waals surface area contributed by atoms with E-state index in [-0.39, 0.29) is 35.1 Å². The largest absolute Gasteiger partial charge is 0.469 e. The second-order valence-corrected chi connectivity index (χ2v) is 10.4. The molecule has 7 unspecified atom stereocenters. The molecule has 2 heterocycles. The van der Waals surface area contributed by atoms with Gasteiger partial charge in [0.2, 0.25) is 0 Å². The Balaban J connectivity index is 1.57. The van der Waals surface area contributed by atoms with Crippen LogP contribution < -0.4 is 0 Å². The molecule has 0 radical (unpaired) electrons. The standard InChI is InChI=1S/C25H36O5/c1-15-8-9-19-18(12-15)13-16(2)23(4)14-21(28-25(19,23)6)24(5)11-10-20(29-30-24)17(3)22(26)27-7/h8-9,12,16-17,20-21H,10-11,13-14H2,1-7H3. The number of benzene rings is 1. The Kier molecular flexibility index (Phi) is 5.32. The third kappa shape index (κ3) is 3.12. The molecule has 0 N–H and O–H groups in total. The molecular formula is C25H36O5. The van der Waals surface area contributed by atoms with Crippen molar-refractivity contribution in [3.05, 3.63) is 34.9 Å². The minimum Gasteiger partial charge on any atom is -0.469 e. The summed E-state index contributed by atoms with van der Waals surface area (Å²) in [5.41, 5.74) is 3.13. The fourth-order valence-electron chi connectivity index (χ4n) is 5.91. The van der Waals surface area contributed by atoms with Crippen molar-refractivity contribution in [1.29, 1.82) is 0 Å². The van der Waals surface area contributed by atoms with Crippen LogP contribution in [0.4, 0.5) is 0 Å². The number of aryl methyl sites for hydroxylation is 1. The number of hydrogen-bond acceptors (Lipinski definition) is 5. The molecule has 7 atom stereocenters. The SMILES string of the molecule is COC(=O)C(C)C1CCC(C)(C2CC3(C)C(C)Cc4cc(C)ccc4C3(C)O2)OO1. The van der Waals surface area contributed by atoms with Gasteiger partial charge in [-0.2, -0.15) is 0 Å². The number of rotatable bonds is 3. The van der Waals surface area contributed by atoms with E-state index in [0.29, 0.717) is 5.92 Å². The van der Waals surface area contributed by atoms with Crippen molar-refractivity contribution < 1.29 is 24.0 Å². The predicted octanol–water partition coefficient (Wildman–Crippen LogP) is 4.88. The molecule has 1 aliphatic carbocycles. The van der Waals surface area contributed by atoms with Gasteiger partial charge in [-0.15, -0.1) is 0 Å². The highest BCUT2D eigenvalue weighted by Gasteiger charge is 2.63. The first-order chi connectivity index (χ1) is 14.0. The van der Waals surface area contributed by atoms with Gasteiger partial charge in [-0.25, -0.2) is 9.78 Å². The van der Waals surface area contributed by atoms with Crippen LogP contribution in [0.5, 0.6) is 0 Å². The average Bonchev–Trinajstić information content (AvgIpc) is 3.01. The van der Waals surface area contributed by atoms with Crippen molar-refractivity contribution in [2.45, 2.75) is 90.6 Å². The molecule has 1 aromatic rings. The number of hydrogen-bond donors (Lipinski definition) is 0. The van der Waals surface area contributed by atoms with E-state index < -0.39 is 5.60 Å². The molecular weight excluding hydrogens is 380 g/mol. The van der Waals surface area contributed by atoms with Gasteiger partial charge in [0.05, 0.1) is 24.7 Å². The van der Waals surface area contributed by atoms with Crippen molar-refractivity contribution in [3.63, 3.8) is 0 Å². The summed E-state index contributed by atoms with van der Waals surface area (Å²) in [7, 11) is 1.41. The number of carbonyl (C=O) groups is 1. The van der Waals surface area contributed by atoms with E-state index in [0.717, 1.165) is 25.7 Å². The van der Waals surface area contributed by atoms with Gasteiger partial charge in [-0.05, 0) is 70.4 Å². The zero-order chi connectivity index (χ0) is 21.9. The molecule has 30 heavy (non-hydrogen) atoms. The average molecular weight is 417 g/mol. The first-order valence-corrected chi connectivity index (χ1v) is 11.2. The van der Waals surface area contributed by atoms with Crippen molar-refractivity contribution in [3.8, 4) is 0 Å². The van der Waals surface area contributed by atoms with Crippen LogP contribution in [0.15, 0.2) is 18.2 Å². The lowest BCUT2D eigenvalue weighted by molar-refractivity contribution is -0.425. The van der Waals surface area contributed by atoms with E-state index in [4.69, 9.17) is 19.2 Å². The number of methoxy groups -OCH3 is 1. The van der Waals surface area contributed by atoms with E-state index in [1.54, 1.807) is 0 Å². The van der Waals surface area contributed by atoms with E-state index in [9.17, 15) is 4.79 Å². The van der Waals surface area contributed by atoms with Gasteiger partial charge < -0.3 is 9.47 Å². The maximum absolute atomic E-state index is 11.9. The number of fused-ring (bicyclic) bond motifs is 3. The molecule has 166 valence electrons. The lowest BCUT2D eigenvalue weighted by Crippen LogP contribution is -2.49. The lowest BCUT2D eigenvalue weighted by Gasteiger charge is -2.49. The Morgan fingerprint density at radius 1 is 1.27 bits per heavy atom. The Bertz CT molecular complexity index is 827. The van der Waals surface area contributed by atoms with Crippen LogP contribution in [0.25, 0.3) is 0 Å². The second kappa shape index (κ2) is 7.32. The van der Waals surface area contributed by atoms with Crippen LogP contribution in [-0.4, -0.2) is 30.9 Å². The molecule has 0 bridgehead atoms. The summed E-state index contributed by atoms with van der Waals surface area (Å²) >= 11 is 0. The van der Waals surface area contributed by atoms with Gasteiger partial charge in [-0.3, -0.25) is 4.79 Å². The van der Waals surface area contributed by atoms with Crippen LogP contribution in [0.3, 0.4) is 0 Å². The Labute approximate surface area is 180 Å². The minimum absolute atomic E-state index is 0.0163. The molecule has 4 rings (SSSR count). The smallest absolute Gasteiger partial charge is 0.311 e. The predicted molar refractivity (Wildman–Crippen MR) is 114 cm³/mol. The second-order valence-electron chi connectivity index (χ2n) is 10.4. The van der Waals surface area contributed by atoms with E-state index in [1.165, 1.54) is 23.8 Å². The third-order valence-corrected chi connectivity index (χ3v) is 8.56. The Morgan fingerprint density at radius 3 is 2.63 bits per heavy atom. The molecule has 0 aromatic heterocycles. The van der Waals surface area contributed by atoms with E-state index in [2.05, 4.69) is 52.8 Å². The van der Waals surface area contributed by atoms with Crippen LogP contribution in [0.2, 0.25) is 0 Å². The van der Waals surface area contributed by atoms with E-state index >= 15 is 0 Å². The van der Waals surface area contributed by atoms with Crippen LogP contribution in [0, 0.1) is 24.2 Å². The quantitative estimate of drug-likeness (QED) is 0.519. The van der Waals surface area contributed by atoms with Gasteiger partial charge in [0, 0.05) is 5.41 Å². The molecule has 5 heteroatoms. The van der Waals surface area contributed by atoms with Gasteiger partial charge >= 0.3 is 5.97 Å². The number of esters is 1. The molecule has 5 nitrogen and oxygen atoms in total. The first-order valence-electron chi connectivity index (χ1n) is 11.2. The van der Waals surface area contributed by atoms with Crippen molar-refractivity contribution in [1.82, 2.24) is 0 Å². The molecule has 0 spiro atoms. The molecule has 1 aromatic carbocycles. The van der Waals surface area contributed by atoms with Crippen molar-refractivity contribution in [2.24, 2.45) is 17.3 Å². The molecule has 2 fully saturated rings. The van der Waals surface area contributed by atoms with Gasteiger partial charge in [-0.1, -0.05) is 37.6 Å². The zero-order valence-corrected chi connectivity index (χ0v) is 19.4. The summed E-state index contributed by atoms with van der Waals surface area (Å²) < 4.78 is 11.8. The Morgan fingerprint density at radius 2 is 2.00 bits per heavy atom. The summed E-state index contributed by atoms with van der Waals surface area (Å²) in [5.74, 6) is -0.116. The third-order valence-electron chi connectivity index (χ3n) is 8.56. The van der Waals surface area contributed by atoms with Gasteiger partial charge in [0.1, 0.15) is 11.7 Å². The molecule has 3 aliphatic rings. The van der Waals surface area contributed by atoms with Gasteiger partial charge in [0.15, 0.2) is 0 Å². The normalized spacial score (nSPS) is 41.6. The monoisotopic (exact) mass is 416 g/mol. The maximum atomic E-state index is 11.9. The zero-order valence-electron chi connectivity index (χ0n) is 19.4. The molecule has 0 amide bonds. The van der Waals surface area contributed by atoms with Gasteiger partial charge in [0.25, 0.3) is 0 Å². The first kappa shape index (κ1) is 21.8. The number of carbonyl (C=O) groups excluding carboxylic acids is 1. The topological polar surface area (TPSA) is 54.0 Å². The summed E-state index contributed by atoms with van der Waals surface area (Å²) in [6.07, 6.45) is 3.16. The number of ether oxygens (including phenoxy) is 2. The van der Waals surface area contributed by atoms with Crippen molar-refractivity contribution >= 4 is 5.97 Å². The van der Waals surface area contributed by atoms with Crippen LogP contribution >= 0.6 is 0 Å². The van der Waals surface area contributed by atoms with Crippen LogP contribution in [0.1, 0.15) is 70.6 Å². The highest BCUT2D eigenvalue weighted by molar-refractivity contribution is 5.72.